The summed E-state index contributed by atoms with van der Waals surface area (Å²) in [5.74, 6) is -1.83. The molecule has 4 rings (SSSR count). The molecule has 1 aliphatic rings. The van der Waals surface area contributed by atoms with Gasteiger partial charge in [-0.05, 0) is 32.2 Å². The number of likely N-dealkylation sites (N-methyl/N-ethyl adjacent to an activating group) is 1. The molecule has 1 amide bonds. The summed E-state index contributed by atoms with van der Waals surface area (Å²) in [6, 6.07) is 7.91. The van der Waals surface area contributed by atoms with Crippen molar-refractivity contribution >= 4 is 52.0 Å². The van der Waals surface area contributed by atoms with Crippen molar-refractivity contribution in [2.75, 3.05) is 39.1 Å². The van der Waals surface area contributed by atoms with Crippen molar-refractivity contribution in [2.45, 2.75) is 25.8 Å². The van der Waals surface area contributed by atoms with Crippen LogP contribution in [0.25, 0.3) is 10.9 Å². The normalized spacial score (nSPS) is 15.1. The number of halogens is 2. The van der Waals surface area contributed by atoms with Crippen LogP contribution < -0.4 is 14.8 Å². The molecule has 40 heavy (non-hydrogen) atoms. The van der Waals surface area contributed by atoms with Crippen LogP contribution in [0.4, 0.5) is 20.7 Å². The summed E-state index contributed by atoms with van der Waals surface area (Å²) in [6.07, 6.45) is 0.296. The van der Waals surface area contributed by atoms with E-state index < -0.39 is 23.8 Å². The lowest BCUT2D eigenvalue weighted by Gasteiger charge is -2.37. The van der Waals surface area contributed by atoms with E-state index in [-0.39, 0.29) is 35.3 Å². The molecular formula is C26H29ClFN5O7. The number of aliphatic carboxylic acids is 2. The third-order valence-corrected chi connectivity index (χ3v) is 6.23. The third kappa shape index (κ3) is 7.90. The van der Waals surface area contributed by atoms with Gasteiger partial charge in [0, 0.05) is 37.1 Å². The molecule has 1 aliphatic heterocycles. The number of hydrogen-bond acceptors (Lipinski definition) is 9. The molecule has 1 aromatic heterocycles. The molecule has 1 atom stereocenters. The van der Waals surface area contributed by atoms with E-state index in [1.807, 2.05) is 14.0 Å². The number of amides is 1. The Morgan fingerprint density at radius 1 is 1.12 bits per heavy atom. The van der Waals surface area contributed by atoms with E-state index >= 15 is 0 Å². The summed E-state index contributed by atoms with van der Waals surface area (Å²) in [6.45, 7) is 4.07. The molecular weight excluding hydrogens is 549 g/mol. The van der Waals surface area contributed by atoms with Crippen LogP contribution in [0.15, 0.2) is 36.7 Å². The first-order valence-corrected chi connectivity index (χ1v) is 12.5. The Hall–Kier alpha value is -4.23. The molecule has 12 nitrogen and oxygen atoms in total. The maximum atomic E-state index is 14.4. The number of piperazine rings is 1. The van der Waals surface area contributed by atoms with E-state index in [9.17, 15) is 18.8 Å². The second kappa shape index (κ2) is 13.7. The highest BCUT2D eigenvalue weighted by Gasteiger charge is 2.28. The summed E-state index contributed by atoms with van der Waals surface area (Å²) in [7, 11) is 3.50. The van der Waals surface area contributed by atoms with Gasteiger partial charge in [-0.25, -0.2) is 19.2 Å². The summed E-state index contributed by atoms with van der Waals surface area (Å²) in [5.41, 5.74) is 0.702. The van der Waals surface area contributed by atoms with Crippen LogP contribution in [0.5, 0.6) is 11.5 Å². The molecule has 1 fully saturated rings. The van der Waals surface area contributed by atoms with Gasteiger partial charge < -0.3 is 34.8 Å². The van der Waals surface area contributed by atoms with Gasteiger partial charge >= 0.3 is 18.0 Å². The molecule has 0 bridgehead atoms. The minimum Gasteiger partial charge on any atom is -0.493 e. The smallest absolute Gasteiger partial charge is 0.415 e. The lowest BCUT2D eigenvalue weighted by Crippen LogP contribution is -2.53. The fourth-order valence-electron chi connectivity index (χ4n) is 3.91. The Kier molecular flexibility index (Phi) is 10.4. The van der Waals surface area contributed by atoms with Crippen LogP contribution in [0, 0.1) is 5.82 Å². The molecule has 1 saturated heterocycles. The minimum absolute atomic E-state index is 0.00838. The molecule has 2 aromatic carbocycles. The van der Waals surface area contributed by atoms with Crippen LogP contribution in [0.3, 0.4) is 0 Å². The third-order valence-electron chi connectivity index (χ3n) is 5.94. The average molecular weight is 578 g/mol. The van der Waals surface area contributed by atoms with Gasteiger partial charge in [0.1, 0.15) is 12.1 Å². The second-order valence-corrected chi connectivity index (χ2v) is 9.34. The zero-order chi connectivity index (χ0) is 29.4. The Balaban J connectivity index is 0.000000482. The number of hydrogen-bond donors (Lipinski definition) is 3. The highest BCUT2D eigenvalue weighted by atomic mass is 35.5. The van der Waals surface area contributed by atoms with Crippen molar-refractivity contribution in [2.24, 2.45) is 0 Å². The number of methoxy groups -OCH3 is 1. The lowest BCUT2D eigenvalue weighted by molar-refractivity contribution is -0.143. The highest BCUT2D eigenvalue weighted by Crippen LogP contribution is 2.36. The zero-order valence-corrected chi connectivity index (χ0v) is 22.8. The predicted molar refractivity (Wildman–Crippen MR) is 145 cm³/mol. The first-order chi connectivity index (χ1) is 19.0. The summed E-state index contributed by atoms with van der Waals surface area (Å²) < 4.78 is 25.5. The maximum absolute atomic E-state index is 14.4. The molecule has 0 saturated carbocycles. The number of carbonyl (C=O) groups excluding carboxylic acids is 1. The number of carbonyl (C=O) groups is 3. The SMILES string of the molecule is COc1cc2ncnc(Nc3cccc(Cl)c3F)c2cc1OC(=O)N1CCN(C)C[C@H]1C.O=C(O)CCC(=O)O. The molecule has 3 N–H and O–H groups in total. The van der Waals surface area contributed by atoms with Crippen LogP contribution in [-0.2, 0) is 9.59 Å². The van der Waals surface area contributed by atoms with Gasteiger partial charge in [0.15, 0.2) is 17.3 Å². The molecule has 0 radical (unpaired) electrons. The van der Waals surface area contributed by atoms with Gasteiger partial charge in [0.2, 0.25) is 0 Å². The van der Waals surface area contributed by atoms with E-state index in [0.717, 1.165) is 13.1 Å². The van der Waals surface area contributed by atoms with Gasteiger partial charge in [-0.2, -0.15) is 0 Å². The van der Waals surface area contributed by atoms with E-state index in [4.69, 9.17) is 31.3 Å². The van der Waals surface area contributed by atoms with Gasteiger partial charge in [0.25, 0.3) is 0 Å². The highest BCUT2D eigenvalue weighted by molar-refractivity contribution is 6.31. The topological polar surface area (TPSA) is 154 Å². The fourth-order valence-corrected chi connectivity index (χ4v) is 4.08. The quantitative estimate of drug-likeness (QED) is 0.369. The van der Waals surface area contributed by atoms with Crippen LogP contribution in [0.1, 0.15) is 19.8 Å². The standard InChI is InChI=1S/C22H23ClFN5O3.C4H6O4/c1-13-11-28(2)7-8-29(13)22(30)32-19-9-14-17(10-18(19)31-3)25-12-26-21(14)27-16-6-4-5-15(23)20(16)24;5-3(6)1-2-4(7)8/h4-6,9-10,12-13H,7-8,11H2,1-3H3,(H,25,26,27);1-2H2,(H,5,6)(H,7,8)/t13-;/m1./s1. The summed E-state index contributed by atoms with van der Waals surface area (Å²) >= 11 is 5.89. The summed E-state index contributed by atoms with van der Waals surface area (Å²) in [5, 5.41) is 19.3. The van der Waals surface area contributed by atoms with Gasteiger partial charge in [-0.15, -0.1) is 0 Å². The van der Waals surface area contributed by atoms with Crippen molar-refractivity contribution in [3.8, 4) is 11.5 Å². The number of fused-ring (bicyclic) bond motifs is 1. The fraction of sp³-hybridized carbons (Fsp3) is 0.346. The van der Waals surface area contributed by atoms with Crippen LogP contribution >= 0.6 is 11.6 Å². The maximum Gasteiger partial charge on any atom is 0.415 e. The number of aromatic nitrogens is 2. The molecule has 14 heteroatoms. The van der Waals surface area contributed by atoms with E-state index in [2.05, 4.69) is 20.2 Å². The van der Waals surface area contributed by atoms with Crippen molar-refractivity contribution in [1.29, 1.82) is 0 Å². The molecule has 2 heterocycles. The van der Waals surface area contributed by atoms with Crippen LogP contribution in [0.2, 0.25) is 5.02 Å². The number of ether oxygens (including phenoxy) is 2. The lowest BCUT2D eigenvalue weighted by atomic mass is 10.2. The van der Waals surface area contributed by atoms with E-state index in [1.165, 1.54) is 19.5 Å². The van der Waals surface area contributed by atoms with Crippen molar-refractivity contribution in [3.05, 3.63) is 47.5 Å². The monoisotopic (exact) mass is 577 g/mol. The zero-order valence-electron chi connectivity index (χ0n) is 22.1. The first-order valence-electron chi connectivity index (χ1n) is 12.1. The van der Waals surface area contributed by atoms with Gasteiger partial charge in [-0.3, -0.25) is 9.59 Å². The van der Waals surface area contributed by atoms with Gasteiger partial charge in [0.05, 0.1) is 36.2 Å². The summed E-state index contributed by atoms with van der Waals surface area (Å²) in [4.78, 5) is 44.5. The number of nitrogens with zero attached hydrogens (tertiary/aromatic N) is 4. The Morgan fingerprint density at radius 3 is 2.45 bits per heavy atom. The number of carboxylic acids is 2. The van der Waals surface area contributed by atoms with Crippen molar-refractivity contribution in [3.63, 3.8) is 0 Å². The number of anilines is 2. The Bertz CT molecular complexity index is 1380. The van der Waals surface area contributed by atoms with Crippen molar-refractivity contribution < 1.29 is 38.5 Å². The molecule has 0 unspecified atom stereocenters. The number of nitrogens with one attached hydrogen (secondary N) is 1. The molecule has 3 aromatic rings. The Morgan fingerprint density at radius 2 is 1.82 bits per heavy atom. The molecule has 214 valence electrons. The molecule has 0 spiro atoms. The largest absolute Gasteiger partial charge is 0.493 e. The minimum atomic E-state index is -1.08. The van der Waals surface area contributed by atoms with Crippen molar-refractivity contribution in [1.82, 2.24) is 19.8 Å². The van der Waals surface area contributed by atoms with E-state index in [1.54, 1.807) is 29.2 Å². The van der Waals surface area contributed by atoms with Gasteiger partial charge in [-0.1, -0.05) is 17.7 Å². The number of rotatable bonds is 7. The Labute approximate surface area is 234 Å². The average Bonchev–Trinajstić information content (AvgIpc) is 2.90. The predicted octanol–water partition coefficient (Wildman–Crippen LogP) is 4.25. The number of benzene rings is 2. The molecule has 0 aliphatic carbocycles. The second-order valence-electron chi connectivity index (χ2n) is 8.93. The van der Waals surface area contributed by atoms with E-state index in [0.29, 0.717) is 29.0 Å². The van der Waals surface area contributed by atoms with Crippen LogP contribution in [-0.4, -0.2) is 87.8 Å². The number of carboxylic acid groups (broad SMARTS) is 2. The first kappa shape index (κ1) is 30.3.